The Morgan fingerprint density at radius 1 is 1.14 bits per heavy atom. The summed E-state index contributed by atoms with van der Waals surface area (Å²) in [4.78, 5) is 31.4. The van der Waals surface area contributed by atoms with E-state index in [9.17, 15) is 22.8 Å². The van der Waals surface area contributed by atoms with Gasteiger partial charge in [0.2, 0.25) is 0 Å². The molecule has 10 nitrogen and oxygen atoms in total. The first kappa shape index (κ1) is 32.5. The molecule has 0 saturated carbocycles. The fourth-order valence-corrected chi connectivity index (χ4v) is 5.43. The Balaban J connectivity index is 1.70. The topological polar surface area (TPSA) is 109 Å². The molecular weight excluding hydrogens is 567 g/mol. The summed E-state index contributed by atoms with van der Waals surface area (Å²) in [6.07, 6.45) is -4.67. The molecule has 2 N–H and O–H groups in total. The number of rotatable bonds is 10. The van der Waals surface area contributed by atoms with Gasteiger partial charge < -0.3 is 24.4 Å². The van der Waals surface area contributed by atoms with Gasteiger partial charge in [0.05, 0.1) is 31.1 Å². The van der Waals surface area contributed by atoms with E-state index in [0.29, 0.717) is 31.1 Å². The summed E-state index contributed by atoms with van der Waals surface area (Å²) in [5.74, 6) is -0.483. The number of halogens is 3. The number of nitrogens with zero attached hydrogens (tertiary/aromatic N) is 3. The lowest BCUT2D eigenvalue weighted by atomic mass is 9.81. The number of hydrogen-bond donors (Lipinski definition) is 2. The second-order valence-corrected chi connectivity index (χ2v) is 11.6. The molecule has 1 saturated heterocycles. The number of methoxy groups -OCH3 is 1. The molecule has 3 heterocycles. The number of fused-ring (bicyclic) bond motifs is 1. The van der Waals surface area contributed by atoms with Crippen LogP contribution in [0.25, 0.3) is 5.57 Å². The minimum atomic E-state index is -4.77. The number of carbonyl (C=O) groups is 2. The van der Waals surface area contributed by atoms with Gasteiger partial charge in [-0.15, -0.1) is 0 Å². The van der Waals surface area contributed by atoms with Crippen LogP contribution < -0.4 is 10.1 Å². The molecule has 236 valence electrons. The van der Waals surface area contributed by atoms with Gasteiger partial charge in [0.1, 0.15) is 12.4 Å². The van der Waals surface area contributed by atoms with Crippen molar-refractivity contribution >= 4 is 17.4 Å². The van der Waals surface area contributed by atoms with E-state index in [4.69, 9.17) is 14.2 Å². The SMILES string of the molecule is COCCC1=C(C(=O)NC(C)C)c2[nH]nc(C(F)(F)F)c2C(C)(C)CN1C(=O)c1ccc(OCCN2CCOCC2)cc1. The molecule has 0 aliphatic carbocycles. The summed E-state index contributed by atoms with van der Waals surface area (Å²) in [7, 11) is 1.47. The van der Waals surface area contributed by atoms with E-state index in [0.717, 1.165) is 19.6 Å². The van der Waals surface area contributed by atoms with Gasteiger partial charge in [0, 0.05) is 68.0 Å². The molecule has 1 fully saturated rings. The lowest BCUT2D eigenvalue weighted by Gasteiger charge is -2.33. The van der Waals surface area contributed by atoms with E-state index < -0.39 is 29.1 Å². The number of morpholine rings is 1. The van der Waals surface area contributed by atoms with Crippen molar-refractivity contribution in [3.63, 3.8) is 0 Å². The van der Waals surface area contributed by atoms with Crippen LogP contribution in [0.15, 0.2) is 30.0 Å². The van der Waals surface area contributed by atoms with Crippen LogP contribution in [0.2, 0.25) is 0 Å². The van der Waals surface area contributed by atoms with Crippen LogP contribution in [0.4, 0.5) is 13.2 Å². The second-order valence-electron chi connectivity index (χ2n) is 11.6. The zero-order valence-corrected chi connectivity index (χ0v) is 25.3. The Kier molecular flexibility index (Phi) is 10.2. The molecule has 2 aliphatic rings. The molecular formula is C30H40F3N5O5. The van der Waals surface area contributed by atoms with Gasteiger partial charge in [-0.2, -0.15) is 18.3 Å². The second kappa shape index (κ2) is 13.5. The third-order valence-electron chi connectivity index (χ3n) is 7.45. The first-order chi connectivity index (χ1) is 20.3. The number of aromatic nitrogens is 2. The highest BCUT2D eigenvalue weighted by Gasteiger charge is 2.47. The molecule has 1 aromatic heterocycles. The van der Waals surface area contributed by atoms with Crippen LogP contribution in [0, 0.1) is 0 Å². The third kappa shape index (κ3) is 7.57. The zero-order chi connectivity index (χ0) is 31.4. The number of nitrogens with one attached hydrogen (secondary N) is 2. The number of carbonyl (C=O) groups excluding carboxylic acids is 2. The summed E-state index contributed by atoms with van der Waals surface area (Å²) in [5, 5.41) is 8.88. The molecule has 2 aliphatic heterocycles. The van der Waals surface area contributed by atoms with Gasteiger partial charge in [0.25, 0.3) is 11.8 Å². The molecule has 43 heavy (non-hydrogen) atoms. The Bertz CT molecular complexity index is 1310. The van der Waals surface area contributed by atoms with Crippen molar-refractivity contribution in [3.8, 4) is 5.75 Å². The smallest absolute Gasteiger partial charge is 0.435 e. The van der Waals surface area contributed by atoms with Crippen molar-refractivity contribution in [2.45, 2.75) is 51.7 Å². The maximum Gasteiger partial charge on any atom is 0.435 e. The standard InChI is InChI=1S/C30H40F3N5O5/c1-19(2)34-27(39)23-22(10-14-41-5)38(18-29(3,4)24-25(23)35-36-26(24)30(31,32)33)28(40)20-6-8-21(9-7-20)43-17-13-37-11-15-42-16-12-37/h6-9,19H,10-18H2,1-5H3,(H,34,39)(H,35,36). The summed E-state index contributed by atoms with van der Waals surface area (Å²) in [6.45, 7) is 11.0. The van der Waals surface area contributed by atoms with Crippen LogP contribution in [0.3, 0.4) is 0 Å². The highest BCUT2D eigenvalue weighted by Crippen LogP contribution is 2.44. The predicted molar refractivity (Wildman–Crippen MR) is 154 cm³/mol. The maximum atomic E-state index is 14.2. The largest absolute Gasteiger partial charge is 0.492 e. The van der Waals surface area contributed by atoms with Crippen LogP contribution >= 0.6 is 0 Å². The van der Waals surface area contributed by atoms with Crippen molar-refractivity contribution in [2.75, 3.05) is 59.7 Å². The van der Waals surface area contributed by atoms with Crippen molar-refractivity contribution in [3.05, 3.63) is 52.5 Å². The number of ether oxygens (including phenoxy) is 3. The zero-order valence-electron chi connectivity index (χ0n) is 25.3. The van der Waals surface area contributed by atoms with E-state index in [-0.39, 0.29) is 48.1 Å². The molecule has 0 spiro atoms. The summed E-state index contributed by atoms with van der Waals surface area (Å²) in [6, 6.07) is 6.30. The highest BCUT2D eigenvalue weighted by atomic mass is 19.4. The van der Waals surface area contributed by atoms with Crippen molar-refractivity contribution in [1.82, 2.24) is 25.3 Å². The Labute approximate surface area is 249 Å². The van der Waals surface area contributed by atoms with Gasteiger partial charge in [0.15, 0.2) is 5.69 Å². The lowest BCUT2D eigenvalue weighted by Crippen LogP contribution is -2.41. The summed E-state index contributed by atoms with van der Waals surface area (Å²) in [5.41, 5.74) is -2.07. The van der Waals surface area contributed by atoms with E-state index in [1.165, 1.54) is 12.0 Å². The van der Waals surface area contributed by atoms with Crippen molar-refractivity contribution in [2.24, 2.45) is 0 Å². The number of alkyl halides is 3. The van der Waals surface area contributed by atoms with Crippen LogP contribution in [-0.2, 0) is 25.9 Å². The Hall–Kier alpha value is -3.42. The first-order valence-electron chi connectivity index (χ1n) is 14.4. The first-order valence-corrected chi connectivity index (χ1v) is 14.4. The van der Waals surface area contributed by atoms with Gasteiger partial charge in [-0.1, -0.05) is 13.8 Å². The van der Waals surface area contributed by atoms with E-state index in [1.54, 1.807) is 52.0 Å². The van der Waals surface area contributed by atoms with Crippen LogP contribution in [0.1, 0.15) is 61.4 Å². The van der Waals surface area contributed by atoms with E-state index >= 15 is 0 Å². The van der Waals surface area contributed by atoms with Gasteiger partial charge in [-0.25, -0.2) is 0 Å². The van der Waals surface area contributed by atoms with Crippen molar-refractivity contribution < 1.29 is 37.0 Å². The minimum absolute atomic E-state index is 0.0547. The summed E-state index contributed by atoms with van der Waals surface area (Å²) >= 11 is 0. The normalized spacial score (nSPS) is 17.6. The number of H-pyrrole nitrogens is 1. The molecule has 0 radical (unpaired) electrons. The maximum absolute atomic E-state index is 14.2. The quantitative estimate of drug-likeness (QED) is 0.423. The van der Waals surface area contributed by atoms with Crippen molar-refractivity contribution in [1.29, 1.82) is 0 Å². The number of hydrogen-bond acceptors (Lipinski definition) is 7. The molecule has 13 heteroatoms. The van der Waals surface area contributed by atoms with E-state index in [2.05, 4.69) is 20.4 Å². The molecule has 2 amide bonds. The fraction of sp³-hybridized carbons (Fsp3) is 0.567. The average Bonchev–Trinajstić information content (AvgIpc) is 3.37. The molecule has 1 aromatic carbocycles. The minimum Gasteiger partial charge on any atom is -0.492 e. The molecule has 0 bridgehead atoms. The Morgan fingerprint density at radius 2 is 1.81 bits per heavy atom. The molecule has 4 rings (SSSR count). The Morgan fingerprint density at radius 3 is 2.42 bits per heavy atom. The molecule has 0 unspecified atom stereocenters. The summed E-state index contributed by atoms with van der Waals surface area (Å²) < 4.78 is 59.0. The van der Waals surface area contributed by atoms with Crippen LogP contribution in [-0.4, -0.2) is 97.6 Å². The highest BCUT2D eigenvalue weighted by molar-refractivity contribution is 6.21. The lowest BCUT2D eigenvalue weighted by molar-refractivity contribution is -0.142. The number of amides is 2. The third-order valence-corrected chi connectivity index (χ3v) is 7.45. The van der Waals surface area contributed by atoms with E-state index in [1.807, 2.05) is 0 Å². The predicted octanol–water partition coefficient (Wildman–Crippen LogP) is 3.85. The number of aromatic amines is 1. The fourth-order valence-electron chi connectivity index (χ4n) is 5.43. The van der Waals surface area contributed by atoms with Crippen LogP contribution in [0.5, 0.6) is 5.75 Å². The average molecular weight is 608 g/mol. The number of benzene rings is 1. The van der Waals surface area contributed by atoms with Gasteiger partial charge in [-0.05, 0) is 38.1 Å². The molecule has 2 aromatic rings. The monoisotopic (exact) mass is 607 g/mol. The van der Waals surface area contributed by atoms with Gasteiger partial charge >= 0.3 is 6.18 Å². The van der Waals surface area contributed by atoms with Gasteiger partial charge in [-0.3, -0.25) is 19.6 Å². The molecule has 0 atom stereocenters.